The van der Waals surface area contributed by atoms with Gasteiger partial charge in [0.05, 0.1) is 0 Å². The first-order valence-corrected chi connectivity index (χ1v) is 5.88. The third-order valence-electron chi connectivity index (χ3n) is 2.08. The minimum absolute atomic E-state index is 0.613. The second-order valence-electron chi connectivity index (χ2n) is 5.00. The number of nitrogens with two attached hydrogens (primary N) is 1. The molecule has 6 nitrogen and oxygen atoms in total. The maximum absolute atomic E-state index is 11.7. The molecule has 0 saturated heterocycles. The molecule has 0 aromatic heterocycles. The van der Waals surface area contributed by atoms with Gasteiger partial charge in [-0.2, -0.15) is 0 Å². The molecule has 3 amide bonds. The molecule has 6 heteroatoms. The summed E-state index contributed by atoms with van der Waals surface area (Å²) in [5, 5.41) is 4.99. The first-order valence-electron chi connectivity index (χ1n) is 5.88. The van der Waals surface area contributed by atoms with Crippen LogP contribution in [0.25, 0.3) is 0 Å². The monoisotopic (exact) mass is 265 g/mol. The quantitative estimate of drug-likeness (QED) is 0.728. The Labute approximate surface area is 112 Å². The number of hydrogen-bond donors (Lipinski definition) is 3. The molecule has 0 unspecified atom stereocenters. The summed E-state index contributed by atoms with van der Waals surface area (Å²) in [6, 6.07) is 8.21. The SMILES string of the molecule is CC(C)(C)OC(=O)N[C@H](NC(N)=O)c1ccccc1. The third kappa shape index (κ3) is 5.76. The van der Waals surface area contributed by atoms with Crippen LogP contribution in [-0.2, 0) is 4.74 Å². The van der Waals surface area contributed by atoms with E-state index in [0.29, 0.717) is 5.56 Å². The van der Waals surface area contributed by atoms with Crippen LogP contribution >= 0.6 is 0 Å². The molecule has 0 saturated carbocycles. The Bertz CT molecular complexity index is 440. The van der Waals surface area contributed by atoms with E-state index in [1.807, 2.05) is 6.07 Å². The van der Waals surface area contributed by atoms with E-state index in [2.05, 4.69) is 10.6 Å². The fourth-order valence-corrected chi connectivity index (χ4v) is 1.42. The summed E-state index contributed by atoms with van der Waals surface area (Å²) in [7, 11) is 0. The van der Waals surface area contributed by atoms with Gasteiger partial charge in [-0.25, -0.2) is 9.59 Å². The highest BCUT2D eigenvalue weighted by Crippen LogP contribution is 2.12. The van der Waals surface area contributed by atoms with Gasteiger partial charge in [-0.3, -0.25) is 5.32 Å². The molecule has 4 N–H and O–H groups in total. The molecule has 0 bridgehead atoms. The lowest BCUT2D eigenvalue weighted by Crippen LogP contribution is -2.44. The molecule has 0 aliphatic rings. The van der Waals surface area contributed by atoms with Gasteiger partial charge in [-0.05, 0) is 26.3 Å². The number of urea groups is 1. The Morgan fingerprint density at radius 2 is 1.74 bits per heavy atom. The lowest BCUT2D eigenvalue weighted by atomic mass is 10.2. The van der Waals surface area contributed by atoms with E-state index in [-0.39, 0.29) is 0 Å². The zero-order chi connectivity index (χ0) is 14.5. The minimum Gasteiger partial charge on any atom is -0.444 e. The van der Waals surface area contributed by atoms with Gasteiger partial charge in [0.15, 0.2) is 0 Å². The van der Waals surface area contributed by atoms with Gasteiger partial charge in [0.2, 0.25) is 0 Å². The number of ether oxygens (including phenoxy) is 1. The molecule has 104 valence electrons. The molecule has 0 fully saturated rings. The van der Waals surface area contributed by atoms with Crippen LogP contribution in [0.3, 0.4) is 0 Å². The Balaban J connectivity index is 2.76. The largest absolute Gasteiger partial charge is 0.444 e. The highest BCUT2D eigenvalue weighted by molar-refractivity contribution is 5.74. The lowest BCUT2D eigenvalue weighted by molar-refractivity contribution is 0.0498. The summed E-state index contributed by atoms with van der Waals surface area (Å²) in [6.07, 6.45) is -1.36. The average Bonchev–Trinajstić information content (AvgIpc) is 2.26. The second kappa shape index (κ2) is 6.08. The topological polar surface area (TPSA) is 93.4 Å². The van der Waals surface area contributed by atoms with Crippen molar-refractivity contribution in [3.05, 3.63) is 35.9 Å². The van der Waals surface area contributed by atoms with Crippen molar-refractivity contribution in [3.8, 4) is 0 Å². The van der Waals surface area contributed by atoms with Crippen molar-refractivity contribution < 1.29 is 14.3 Å². The van der Waals surface area contributed by atoms with Crippen LogP contribution in [0.5, 0.6) is 0 Å². The van der Waals surface area contributed by atoms with Gasteiger partial charge < -0.3 is 15.8 Å². The van der Waals surface area contributed by atoms with Crippen LogP contribution in [0, 0.1) is 0 Å². The van der Waals surface area contributed by atoms with Crippen LogP contribution < -0.4 is 16.4 Å². The number of amides is 3. The van der Waals surface area contributed by atoms with Crippen LogP contribution in [-0.4, -0.2) is 17.7 Å². The van der Waals surface area contributed by atoms with Crippen molar-refractivity contribution in [1.29, 1.82) is 0 Å². The molecule has 0 heterocycles. The van der Waals surface area contributed by atoms with E-state index in [9.17, 15) is 9.59 Å². The smallest absolute Gasteiger partial charge is 0.409 e. The first kappa shape index (κ1) is 14.8. The Hall–Kier alpha value is -2.24. The van der Waals surface area contributed by atoms with Gasteiger partial charge in [-0.15, -0.1) is 0 Å². The van der Waals surface area contributed by atoms with E-state index in [4.69, 9.17) is 10.5 Å². The highest BCUT2D eigenvalue weighted by atomic mass is 16.6. The first-order chi connectivity index (χ1) is 8.78. The summed E-state index contributed by atoms with van der Waals surface area (Å²) < 4.78 is 5.13. The van der Waals surface area contributed by atoms with Gasteiger partial charge >= 0.3 is 12.1 Å². The van der Waals surface area contributed by atoms with E-state index >= 15 is 0 Å². The molecular weight excluding hydrogens is 246 g/mol. The molecular formula is C13H19N3O3. The molecule has 0 aliphatic heterocycles. The number of carbonyl (C=O) groups is 2. The van der Waals surface area contributed by atoms with Crippen LogP contribution in [0.4, 0.5) is 9.59 Å². The Morgan fingerprint density at radius 3 is 2.21 bits per heavy atom. The minimum atomic E-state index is -0.732. The predicted octanol–water partition coefficient (Wildman–Crippen LogP) is 1.88. The predicted molar refractivity (Wildman–Crippen MR) is 71.3 cm³/mol. The number of nitrogens with one attached hydrogen (secondary N) is 2. The van der Waals surface area contributed by atoms with E-state index in [1.165, 1.54) is 0 Å². The second-order valence-corrected chi connectivity index (χ2v) is 5.00. The number of hydrogen-bond acceptors (Lipinski definition) is 3. The van der Waals surface area contributed by atoms with Crippen LogP contribution in [0.2, 0.25) is 0 Å². The summed E-state index contributed by atoms with van der Waals surface area (Å²) in [6.45, 7) is 5.27. The van der Waals surface area contributed by atoms with Gasteiger partial charge in [0.25, 0.3) is 0 Å². The number of rotatable bonds is 3. The lowest BCUT2D eigenvalue weighted by Gasteiger charge is -2.24. The fraction of sp³-hybridized carbons (Fsp3) is 0.385. The van der Waals surface area contributed by atoms with Crippen molar-refractivity contribution in [1.82, 2.24) is 10.6 Å². The van der Waals surface area contributed by atoms with Gasteiger partial charge in [0, 0.05) is 0 Å². The normalized spacial score (nSPS) is 12.4. The van der Waals surface area contributed by atoms with Crippen molar-refractivity contribution in [2.45, 2.75) is 32.5 Å². The van der Waals surface area contributed by atoms with Crippen molar-refractivity contribution >= 4 is 12.1 Å². The maximum atomic E-state index is 11.7. The number of primary amides is 1. The maximum Gasteiger partial charge on any atom is 0.409 e. The molecule has 19 heavy (non-hydrogen) atoms. The number of alkyl carbamates (subject to hydrolysis) is 1. The molecule has 0 aliphatic carbocycles. The molecule has 1 atom stereocenters. The summed E-state index contributed by atoms with van der Waals surface area (Å²) >= 11 is 0. The summed E-state index contributed by atoms with van der Waals surface area (Å²) in [4.78, 5) is 22.7. The Kier molecular flexibility index (Phi) is 4.74. The summed E-state index contributed by atoms with van der Waals surface area (Å²) in [5.41, 5.74) is 5.18. The van der Waals surface area contributed by atoms with Crippen molar-refractivity contribution in [3.63, 3.8) is 0 Å². The van der Waals surface area contributed by atoms with Crippen LogP contribution in [0.15, 0.2) is 30.3 Å². The van der Waals surface area contributed by atoms with Gasteiger partial charge in [-0.1, -0.05) is 30.3 Å². The number of benzene rings is 1. The number of carbonyl (C=O) groups excluding carboxylic acids is 2. The Morgan fingerprint density at radius 1 is 1.16 bits per heavy atom. The van der Waals surface area contributed by atoms with Gasteiger partial charge in [0.1, 0.15) is 11.8 Å². The zero-order valence-corrected chi connectivity index (χ0v) is 11.3. The van der Waals surface area contributed by atoms with Crippen LogP contribution in [0.1, 0.15) is 32.5 Å². The molecule has 1 aromatic carbocycles. The highest BCUT2D eigenvalue weighted by Gasteiger charge is 2.20. The van der Waals surface area contributed by atoms with Crippen molar-refractivity contribution in [2.75, 3.05) is 0 Å². The third-order valence-corrected chi connectivity index (χ3v) is 2.08. The van der Waals surface area contributed by atoms with E-state index in [0.717, 1.165) is 0 Å². The molecule has 1 aromatic rings. The molecule has 0 radical (unpaired) electrons. The standard InChI is InChI=1S/C13H19N3O3/c1-13(2,3)19-12(18)16-10(15-11(14)17)9-7-5-4-6-8-9/h4-8,10H,1-3H3,(H,16,18)(H3,14,15,17)/t10-/m0/s1. The molecule has 0 spiro atoms. The van der Waals surface area contributed by atoms with Crippen molar-refractivity contribution in [2.24, 2.45) is 5.73 Å². The molecule has 1 rings (SSSR count). The van der Waals surface area contributed by atoms with E-state index in [1.54, 1.807) is 45.0 Å². The zero-order valence-electron chi connectivity index (χ0n) is 11.3. The van der Waals surface area contributed by atoms with E-state index < -0.39 is 23.9 Å². The summed E-state index contributed by atoms with van der Waals surface area (Å²) in [5.74, 6) is 0. The average molecular weight is 265 g/mol. The fourth-order valence-electron chi connectivity index (χ4n) is 1.42.